The van der Waals surface area contributed by atoms with Crippen LogP contribution >= 0.6 is 27.3 Å². The molecule has 0 aliphatic rings. The van der Waals surface area contributed by atoms with Gasteiger partial charge in [-0.15, -0.1) is 11.3 Å². The van der Waals surface area contributed by atoms with Crippen molar-refractivity contribution in [2.75, 3.05) is 11.9 Å². The number of nitrogens with one attached hydrogen (secondary N) is 1. The molecule has 108 valence electrons. The lowest BCUT2D eigenvalue weighted by Gasteiger charge is -2.17. The maximum atomic E-state index is 4.47. The third-order valence-electron chi connectivity index (χ3n) is 2.82. The first kappa shape index (κ1) is 15.4. The van der Waals surface area contributed by atoms with Crippen molar-refractivity contribution in [3.8, 4) is 0 Å². The molecule has 0 saturated heterocycles. The quantitative estimate of drug-likeness (QED) is 0.862. The zero-order valence-electron chi connectivity index (χ0n) is 11.9. The van der Waals surface area contributed by atoms with E-state index in [0.29, 0.717) is 6.04 Å². The zero-order chi connectivity index (χ0) is 14.5. The Balaban J connectivity index is 1.94. The number of halogens is 1. The summed E-state index contributed by atoms with van der Waals surface area (Å²) in [6, 6.07) is 2.59. The molecule has 0 fully saturated rings. The van der Waals surface area contributed by atoms with Gasteiger partial charge in [-0.1, -0.05) is 13.8 Å². The Morgan fingerprint density at radius 2 is 2.15 bits per heavy atom. The molecular formula is C14H19BrN4S. The maximum absolute atomic E-state index is 4.47. The molecule has 2 aromatic rings. The number of thiophene rings is 1. The van der Waals surface area contributed by atoms with Gasteiger partial charge in [0.25, 0.3) is 0 Å². The lowest BCUT2D eigenvalue weighted by atomic mass is 10.3. The van der Waals surface area contributed by atoms with Gasteiger partial charge in [-0.05, 0) is 32.9 Å². The highest BCUT2D eigenvalue weighted by Gasteiger charge is 2.06. The molecule has 2 rings (SSSR count). The average molecular weight is 355 g/mol. The second kappa shape index (κ2) is 7.15. The van der Waals surface area contributed by atoms with Gasteiger partial charge in [-0.3, -0.25) is 4.98 Å². The first-order valence-corrected chi connectivity index (χ1v) is 8.20. The highest BCUT2D eigenvalue weighted by Crippen LogP contribution is 2.22. The summed E-state index contributed by atoms with van der Waals surface area (Å²) in [7, 11) is 2.03. The minimum absolute atomic E-state index is 0.455. The van der Waals surface area contributed by atoms with Crippen molar-refractivity contribution in [1.29, 1.82) is 0 Å². The van der Waals surface area contributed by atoms with Crippen molar-refractivity contribution < 1.29 is 0 Å². The molecule has 2 aromatic heterocycles. The standard InChI is InChI=1S/C14H19BrN4S/c1-10(2)16-5-12-6-18-14(7-17-12)19(3)8-11-4-13(15)20-9-11/h4,6-7,9-10,16H,5,8H2,1-3H3. The second-order valence-electron chi connectivity index (χ2n) is 5.02. The fraction of sp³-hybridized carbons (Fsp3) is 0.429. The van der Waals surface area contributed by atoms with Gasteiger partial charge < -0.3 is 10.2 Å². The minimum Gasteiger partial charge on any atom is -0.354 e. The van der Waals surface area contributed by atoms with Gasteiger partial charge in [0.05, 0.1) is 21.9 Å². The van der Waals surface area contributed by atoms with E-state index in [1.54, 1.807) is 11.3 Å². The van der Waals surface area contributed by atoms with E-state index in [0.717, 1.165) is 28.4 Å². The van der Waals surface area contributed by atoms with Crippen LogP contribution in [0, 0.1) is 0 Å². The van der Waals surface area contributed by atoms with Crippen LogP contribution in [-0.4, -0.2) is 23.1 Å². The van der Waals surface area contributed by atoms with Crippen LogP contribution in [-0.2, 0) is 13.1 Å². The van der Waals surface area contributed by atoms with E-state index in [4.69, 9.17) is 0 Å². The molecule has 0 aliphatic carbocycles. The van der Waals surface area contributed by atoms with Gasteiger partial charge in [-0.2, -0.15) is 0 Å². The monoisotopic (exact) mass is 354 g/mol. The smallest absolute Gasteiger partial charge is 0.147 e. The fourth-order valence-corrected chi connectivity index (χ4v) is 2.93. The van der Waals surface area contributed by atoms with Crippen molar-refractivity contribution in [3.63, 3.8) is 0 Å². The molecule has 2 heterocycles. The van der Waals surface area contributed by atoms with Gasteiger partial charge >= 0.3 is 0 Å². The normalized spacial score (nSPS) is 11.1. The molecule has 0 aromatic carbocycles. The van der Waals surface area contributed by atoms with Crippen LogP contribution in [0.25, 0.3) is 0 Å². The zero-order valence-corrected chi connectivity index (χ0v) is 14.3. The number of anilines is 1. The topological polar surface area (TPSA) is 41.1 Å². The number of hydrogen-bond acceptors (Lipinski definition) is 5. The van der Waals surface area contributed by atoms with Crippen LogP contribution in [0.3, 0.4) is 0 Å². The molecule has 0 spiro atoms. The maximum Gasteiger partial charge on any atom is 0.147 e. The minimum atomic E-state index is 0.455. The summed E-state index contributed by atoms with van der Waals surface area (Å²) in [4.78, 5) is 11.0. The number of aromatic nitrogens is 2. The van der Waals surface area contributed by atoms with E-state index in [1.165, 1.54) is 5.56 Å². The lowest BCUT2D eigenvalue weighted by Crippen LogP contribution is -2.23. The summed E-state index contributed by atoms with van der Waals surface area (Å²) in [5.74, 6) is 0.889. The predicted octanol–water partition coefficient (Wildman–Crippen LogP) is 3.44. The van der Waals surface area contributed by atoms with Gasteiger partial charge in [0, 0.05) is 26.2 Å². The molecule has 0 amide bonds. The first-order chi connectivity index (χ1) is 9.54. The van der Waals surface area contributed by atoms with Crippen LogP contribution in [0.5, 0.6) is 0 Å². The van der Waals surface area contributed by atoms with E-state index < -0.39 is 0 Å². The number of nitrogens with zero attached hydrogens (tertiary/aromatic N) is 3. The van der Waals surface area contributed by atoms with E-state index >= 15 is 0 Å². The van der Waals surface area contributed by atoms with Crippen molar-refractivity contribution in [1.82, 2.24) is 15.3 Å². The van der Waals surface area contributed by atoms with E-state index in [1.807, 2.05) is 19.4 Å². The highest BCUT2D eigenvalue weighted by molar-refractivity contribution is 9.11. The van der Waals surface area contributed by atoms with Crippen LogP contribution in [0.2, 0.25) is 0 Å². The molecule has 0 unspecified atom stereocenters. The Bertz CT molecular complexity index is 538. The summed E-state index contributed by atoms with van der Waals surface area (Å²) in [5, 5.41) is 5.48. The average Bonchev–Trinajstić information content (AvgIpc) is 2.82. The third-order valence-corrected chi connectivity index (χ3v) is 4.37. The number of hydrogen-bond donors (Lipinski definition) is 1. The summed E-state index contributed by atoms with van der Waals surface area (Å²) >= 11 is 5.18. The molecule has 0 bridgehead atoms. The molecule has 0 radical (unpaired) electrons. The molecule has 4 nitrogen and oxygen atoms in total. The summed E-state index contributed by atoms with van der Waals surface area (Å²) in [6.07, 6.45) is 3.67. The Hall–Kier alpha value is -0.980. The van der Waals surface area contributed by atoms with Crippen LogP contribution in [0.1, 0.15) is 25.1 Å². The van der Waals surface area contributed by atoms with Gasteiger partial charge in [0.2, 0.25) is 0 Å². The molecule has 0 aliphatic heterocycles. The van der Waals surface area contributed by atoms with E-state index in [9.17, 15) is 0 Å². The molecule has 6 heteroatoms. The van der Waals surface area contributed by atoms with Gasteiger partial charge in [0.1, 0.15) is 5.82 Å². The van der Waals surface area contributed by atoms with Crippen molar-refractivity contribution >= 4 is 33.1 Å². The van der Waals surface area contributed by atoms with Crippen molar-refractivity contribution in [3.05, 3.63) is 38.9 Å². The third kappa shape index (κ3) is 4.54. The van der Waals surface area contributed by atoms with Crippen LogP contribution in [0.15, 0.2) is 27.6 Å². The SMILES string of the molecule is CC(C)NCc1cnc(N(C)Cc2csc(Br)c2)cn1. The first-order valence-electron chi connectivity index (χ1n) is 6.53. The Morgan fingerprint density at radius 3 is 2.70 bits per heavy atom. The Labute approximate surface area is 132 Å². The van der Waals surface area contributed by atoms with Gasteiger partial charge in [-0.25, -0.2) is 4.98 Å². The molecule has 0 atom stereocenters. The largest absolute Gasteiger partial charge is 0.354 e. The number of rotatable bonds is 6. The predicted molar refractivity (Wildman–Crippen MR) is 88.1 cm³/mol. The second-order valence-corrected chi connectivity index (χ2v) is 7.31. The highest BCUT2D eigenvalue weighted by atomic mass is 79.9. The van der Waals surface area contributed by atoms with E-state index in [-0.39, 0.29) is 0 Å². The van der Waals surface area contributed by atoms with Crippen molar-refractivity contribution in [2.45, 2.75) is 33.0 Å². The fourth-order valence-electron chi connectivity index (χ4n) is 1.73. The lowest BCUT2D eigenvalue weighted by molar-refractivity contribution is 0.580. The van der Waals surface area contributed by atoms with Crippen LogP contribution in [0.4, 0.5) is 5.82 Å². The summed E-state index contributed by atoms with van der Waals surface area (Å²) in [5.41, 5.74) is 2.24. The molecular weight excluding hydrogens is 336 g/mol. The Kier molecular flexibility index (Phi) is 5.51. The summed E-state index contributed by atoms with van der Waals surface area (Å²) < 4.78 is 1.15. The Morgan fingerprint density at radius 1 is 1.35 bits per heavy atom. The molecule has 1 N–H and O–H groups in total. The van der Waals surface area contributed by atoms with Crippen LogP contribution < -0.4 is 10.2 Å². The van der Waals surface area contributed by atoms with E-state index in [2.05, 4.69) is 61.4 Å². The summed E-state index contributed by atoms with van der Waals surface area (Å²) in [6.45, 7) is 5.83. The van der Waals surface area contributed by atoms with Crippen molar-refractivity contribution in [2.24, 2.45) is 0 Å². The van der Waals surface area contributed by atoms with Gasteiger partial charge in [0.15, 0.2) is 0 Å². The molecule has 20 heavy (non-hydrogen) atoms. The molecule has 0 saturated carbocycles.